The summed E-state index contributed by atoms with van der Waals surface area (Å²) in [6.45, 7) is -0.308. The zero-order chi connectivity index (χ0) is 9.14. The van der Waals surface area contributed by atoms with Crippen molar-refractivity contribution in [2.75, 3.05) is 0 Å². The normalized spacial score (nSPS) is 9.83. The van der Waals surface area contributed by atoms with Gasteiger partial charge in [0.2, 0.25) is 5.91 Å². The molecule has 0 heterocycles. The average Bonchev–Trinajstić information content (AvgIpc) is 2.03. The van der Waals surface area contributed by atoms with Crippen LogP contribution in [0.2, 0.25) is 0 Å². The van der Waals surface area contributed by atoms with Crippen LogP contribution in [0.1, 0.15) is 15.9 Å². The Morgan fingerprint density at radius 2 is 2.17 bits per heavy atom. The average molecular weight is 169 g/mol. The van der Waals surface area contributed by atoms with Gasteiger partial charge in [0, 0.05) is 5.56 Å². The quantitative estimate of drug-likeness (QED) is 0.673. The van der Waals surface area contributed by atoms with Crippen LogP contribution in [-0.4, -0.2) is 11.0 Å². The molecule has 0 aliphatic heterocycles. The number of hydrogen-bond donors (Lipinski definition) is 2. The molecule has 64 valence electrons. The largest absolute Gasteiger partial charge is 0.392 e. The van der Waals surface area contributed by atoms with Gasteiger partial charge in [0.1, 0.15) is 5.82 Å². The third-order valence-electron chi connectivity index (χ3n) is 1.42. The van der Waals surface area contributed by atoms with Crippen molar-refractivity contribution in [3.63, 3.8) is 0 Å². The summed E-state index contributed by atoms with van der Waals surface area (Å²) in [5.41, 5.74) is 5.32. The molecule has 1 aromatic carbocycles. The first-order chi connectivity index (χ1) is 5.63. The molecular weight excluding hydrogens is 161 g/mol. The van der Waals surface area contributed by atoms with Crippen LogP contribution in [0.15, 0.2) is 18.2 Å². The van der Waals surface area contributed by atoms with Crippen LogP contribution in [0.3, 0.4) is 0 Å². The van der Waals surface area contributed by atoms with Gasteiger partial charge >= 0.3 is 0 Å². The van der Waals surface area contributed by atoms with E-state index in [1.807, 2.05) is 0 Å². The zero-order valence-corrected chi connectivity index (χ0v) is 6.25. The number of aliphatic hydroxyl groups is 1. The summed E-state index contributed by atoms with van der Waals surface area (Å²) >= 11 is 0. The molecule has 1 aromatic rings. The van der Waals surface area contributed by atoms with E-state index in [4.69, 9.17) is 10.8 Å². The zero-order valence-electron chi connectivity index (χ0n) is 6.25. The molecule has 0 unspecified atom stereocenters. The van der Waals surface area contributed by atoms with Crippen LogP contribution >= 0.6 is 0 Å². The molecule has 0 spiro atoms. The molecule has 1 amide bonds. The fraction of sp³-hybridized carbons (Fsp3) is 0.125. The molecule has 0 radical (unpaired) electrons. The number of carbonyl (C=O) groups excluding carboxylic acids is 1. The molecule has 1 rings (SSSR count). The standard InChI is InChI=1S/C8H8FNO2/c9-7-2-5(4-11)1-6(3-7)8(10)12/h1-3,11H,4H2,(H2,10,12). The highest BCUT2D eigenvalue weighted by Crippen LogP contribution is 2.08. The van der Waals surface area contributed by atoms with Crippen molar-refractivity contribution in [2.24, 2.45) is 5.73 Å². The van der Waals surface area contributed by atoms with Gasteiger partial charge in [-0.05, 0) is 23.8 Å². The SMILES string of the molecule is NC(=O)c1cc(F)cc(CO)c1. The number of halogens is 1. The molecule has 0 atom stereocenters. The Hall–Kier alpha value is -1.42. The third kappa shape index (κ3) is 1.79. The number of primary amides is 1. The van der Waals surface area contributed by atoms with Gasteiger partial charge in [-0.25, -0.2) is 4.39 Å². The van der Waals surface area contributed by atoms with Gasteiger partial charge in [-0.3, -0.25) is 4.79 Å². The molecule has 4 heteroatoms. The summed E-state index contributed by atoms with van der Waals surface area (Å²) in [4.78, 5) is 10.6. The van der Waals surface area contributed by atoms with Crippen molar-refractivity contribution in [1.82, 2.24) is 0 Å². The van der Waals surface area contributed by atoms with Crippen molar-refractivity contribution in [3.8, 4) is 0 Å². The van der Waals surface area contributed by atoms with E-state index in [0.717, 1.165) is 12.1 Å². The summed E-state index contributed by atoms with van der Waals surface area (Å²) in [5.74, 6) is -1.28. The molecule has 0 aliphatic rings. The van der Waals surface area contributed by atoms with Crippen molar-refractivity contribution < 1.29 is 14.3 Å². The molecule has 0 aliphatic carbocycles. The molecule has 0 saturated carbocycles. The lowest BCUT2D eigenvalue weighted by Gasteiger charge is -1.99. The van der Waals surface area contributed by atoms with Gasteiger partial charge in [0.05, 0.1) is 6.61 Å². The topological polar surface area (TPSA) is 63.3 Å². The van der Waals surface area contributed by atoms with E-state index in [2.05, 4.69) is 0 Å². The van der Waals surface area contributed by atoms with E-state index >= 15 is 0 Å². The first kappa shape index (κ1) is 8.67. The molecule has 0 saturated heterocycles. The van der Waals surface area contributed by atoms with Gasteiger partial charge in [-0.2, -0.15) is 0 Å². The summed E-state index contributed by atoms with van der Waals surface area (Å²) in [6.07, 6.45) is 0. The van der Waals surface area contributed by atoms with Crippen LogP contribution in [0.4, 0.5) is 4.39 Å². The number of aliphatic hydroxyl groups excluding tert-OH is 1. The van der Waals surface area contributed by atoms with Crippen LogP contribution < -0.4 is 5.73 Å². The van der Waals surface area contributed by atoms with E-state index in [9.17, 15) is 9.18 Å². The van der Waals surface area contributed by atoms with Gasteiger partial charge in [0.25, 0.3) is 0 Å². The van der Waals surface area contributed by atoms with E-state index in [1.54, 1.807) is 0 Å². The maximum Gasteiger partial charge on any atom is 0.248 e. The maximum atomic E-state index is 12.7. The molecule has 3 N–H and O–H groups in total. The van der Waals surface area contributed by atoms with Crippen molar-refractivity contribution in [2.45, 2.75) is 6.61 Å². The van der Waals surface area contributed by atoms with E-state index < -0.39 is 11.7 Å². The van der Waals surface area contributed by atoms with Crippen LogP contribution in [0, 0.1) is 5.82 Å². The first-order valence-corrected chi connectivity index (χ1v) is 3.33. The fourth-order valence-corrected chi connectivity index (χ4v) is 0.884. The van der Waals surface area contributed by atoms with Crippen molar-refractivity contribution in [1.29, 1.82) is 0 Å². The predicted octanol–water partition coefficient (Wildman–Crippen LogP) is 0.417. The monoisotopic (exact) mass is 169 g/mol. The summed E-state index contributed by atoms with van der Waals surface area (Å²) in [6, 6.07) is 3.53. The van der Waals surface area contributed by atoms with Gasteiger partial charge in [-0.15, -0.1) is 0 Å². The second kappa shape index (κ2) is 3.32. The molecule has 0 bridgehead atoms. The summed E-state index contributed by atoms with van der Waals surface area (Å²) < 4.78 is 12.7. The lowest BCUT2D eigenvalue weighted by atomic mass is 10.1. The lowest BCUT2D eigenvalue weighted by Crippen LogP contribution is -2.11. The number of amides is 1. The summed E-state index contributed by atoms with van der Waals surface area (Å²) in [5, 5.41) is 8.65. The molecule has 12 heavy (non-hydrogen) atoms. The molecule has 3 nitrogen and oxygen atoms in total. The smallest absolute Gasteiger partial charge is 0.248 e. The van der Waals surface area contributed by atoms with Gasteiger partial charge < -0.3 is 10.8 Å². The van der Waals surface area contributed by atoms with Gasteiger partial charge in [0.15, 0.2) is 0 Å². The van der Waals surface area contributed by atoms with Crippen molar-refractivity contribution >= 4 is 5.91 Å². The Bertz CT molecular complexity index is 312. The third-order valence-corrected chi connectivity index (χ3v) is 1.42. The van der Waals surface area contributed by atoms with E-state index in [-0.39, 0.29) is 12.2 Å². The number of nitrogens with two attached hydrogens (primary N) is 1. The van der Waals surface area contributed by atoms with Crippen molar-refractivity contribution in [3.05, 3.63) is 35.1 Å². The minimum Gasteiger partial charge on any atom is -0.392 e. The van der Waals surface area contributed by atoms with Crippen LogP contribution in [0.25, 0.3) is 0 Å². The highest BCUT2D eigenvalue weighted by molar-refractivity contribution is 5.92. The minimum absolute atomic E-state index is 0.0686. The molecule has 0 aromatic heterocycles. The Kier molecular flexibility index (Phi) is 2.40. The fourth-order valence-electron chi connectivity index (χ4n) is 0.884. The number of benzene rings is 1. The lowest BCUT2D eigenvalue weighted by molar-refractivity contribution is 0.0999. The minimum atomic E-state index is -0.704. The van der Waals surface area contributed by atoms with E-state index in [0.29, 0.717) is 5.56 Å². The van der Waals surface area contributed by atoms with Gasteiger partial charge in [-0.1, -0.05) is 0 Å². The molecule has 0 fully saturated rings. The second-order valence-electron chi connectivity index (χ2n) is 2.37. The van der Waals surface area contributed by atoms with E-state index in [1.165, 1.54) is 6.07 Å². The maximum absolute atomic E-state index is 12.7. The van der Waals surface area contributed by atoms with Crippen LogP contribution in [-0.2, 0) is 6.61 Å². The number of carbonyl (C=O) groups is 1. The second-order valence-corrected chi connectivity index (χ2v) is 2.37. The predicted molar refractivity (Wildman–Crippen MR) is 40.8 cm³/mol. The number of rotatable bonds is 2. The molecular formula is C8H8FNO2. The number of hydrogen-bond acceptors (Lipinski definition) is 2. The Balaban J connectivity index is 3.15. The Morgan fingerprint density at radius 3 is 2.67 bits per heavy atom. The Labute approximate surface area is 68.6 Å². The van der Waals surface area contributed by atoms with Crippen LogP contribution in [0.5, 0.6) is 0 Å². The highest BCUT2D eigenvalue weighted by Gasteiger charge is 2.04. The Morgan fingerprint density at radius 1 is 1.50 bits per heavy atom. The first-order valence-electron chi connectivity index (χ1n) is 3.33. The summed E-state index contributed by atoms with van der Waals surface area (Å²) in [7, 11) is 0. The highest BCUT2D eigenvalue weighted by atomic mass is 19.1.